The number of aromatic nitrogens is 1. The Morgan fingerprint density at radius 1 is 1.18 bits per heavy atom. The zero-order chi connectivity index (χ0) is 20.8. The molecule has 1 amide bonds. The van der Waals surface area contributed by atoms with Crippen molar-refractivity contribution in [2.24, 2.45) is 0 Å². The largest absolute Gasteiger partial charge is 0.459 e. The molecule has 2 aromatic rings. The Morgan fingerprint density at radius 2 is 1.89 bits per heavy atom. The highest BCUT2D eigenvalue weighted by atomic mass is 32.2. The lowest BCUT2D eigenvalue weighted by molar-refractivity contribution is -0.119. The van der Waals surface area contributed by atoms with Gasteiger partial charge in [-0.15, -0.1) is 11.8 Å². The van der Waals surface area contributed by atoms with Crippen molar-refractivity contribution in [1.82, 2.24) is 4.98 Å². The number of thioether (sulfide) groups is 1. The van der Waals surface area contributed by atoms with E-state index in [0.717, 1.165) is 4.90 Å². The van der Waals surface area contributed by atoms with E-state index in [0.29, 0.717) is 22.5 Å². The highest BCUT2D eigenvalue weighted by Crippen LogP contribution is 2.21. The zero-order valence-corrected chi connectivity index (χ0v) is 17.4. The van der Waals surface area contributed by atoms with Crippen LogP contribution in [-0.2, 0) is 14.3 Å². The van der Waals surface area contributed by atoms with Crippen LogP contribution in [0.3, 0.4) is 0 Å². The number of ether oxygens (including phenoxy) is 2. The molecule has 0 saturated carbocycles. The normalized spacial score (nSPS) is 10.6. The number of hydrogen-bond donors (Lipinski definition) is 2. The predicted molar refractivity (Wildman–Crippen MR) is 108 cm³/mol. The average molecular weight is 404 g/mol. The molecule has 0 aliphatic heterocycles. The lowest BCUT2D eigenvalue weighted by Crippen LogP contribution is -2.21. The molecule has 150 valence electrons. The van der Waals surface area contributed by atoms with E-state index in [9.17, 15) is 14.4 Å². The van der Waals surface area contributed by atoms with Crippen LogP contribution in [0.4, 0.5) is 5.69 Å². The second-order valence-electron chi connectivity index (χ2n) is 6.44. The van der Waals surface area contributed by atoms with Crippen LogP contribution in [0, 0.1) is 13.8 Å². The maximum atomic E-state index is 12.3. The predicted octanol–water partition coefficient (Wildman–Crippen LogP) is 3.71. The summed E-state index contributed by atoms with van der Waals surface area (Å²) in [7, 11) is 0. The third-order valence-corrected chi connectivity index (χ3v) is 4.60. The van der Waals surface area contributed by atoms with E-state index in [2.05, 4.69) is 10.3 Å². The Hall–Kier alpha value is -2.74. The summed E-state index contributed by atoms with van der Waals surface area (Å²) in [5.74, 6) is -1.67. The van der Waals surface area contributed by atoms with Gasteiger partial charge in [0.15, 0.2) is 6.61 Å². The summed E-state index contributed by atoms with van der Waals surface area (Å²) in [4.78, 5) is 40.4. The monoisotopic (exact) mass is 404 g/mol. The third-order valence-electron chi connectivity index (χ3n) is 3.88. The summed E-state index contributed by atoms with van der Waals surface area (Å²) in [5, 5.41) is 2.68. The van der Waals surface area contributed by atoms with Gasteiger partial charge in [-0.3, -0.25) is 4.79 Å². The number of esters is 2. The first-order chi connectivity index (χ1) is 13.2. The fourth-order valence-corrected chi connectivity index (χ4v) is 3.09. The fraction of sp³-hybridized carbons (Fsp3) is 0.350. The number of aryl methyl sites for hydroxylation is 1. The van der Waals surface area contributed by atoms with Crippen LogP contribution < -0.4 is 5.32 Å². The van der Waals surface area contributed by atoms with E-state index in [1.807, 2.05) is 24.5 Å². The minimum Gasteiger partial charge on any atom is -0.459 e. The smallest absolute Gasteiger partial charge is 0.355 e. The Kier molecular flexibility index (Phi) is 7.28. The Balaban J connectivity index is 2.01. The van der Waals surface area contributed by atoms with Crippen LogP contribution in [0.5, 0.6) is 0 Å². The molecule has 7 nitrogen and oxygen atoms in total. The molecule has 0 fully saturated rings. The van der Waals surface area contributed by atoms with Gasteiger partial charge < -0.3 is 19.8 Å². The number of hydrogen-bond acceptors (Lipinski definition) is 6. The number of carbonyl (C=O) groups is 3. The van der Waals surface area contributed by atoms with Crippen molar-refractivity contribution in [3.05, 3.63) is 46.8 Å². The lowest BCUT2D eigenvalue weighted by atomic mass is 10.1. The Bertz CT molecular complexity index is 889. The second-order valence-corrected chi connectivity index (χ2v) is 7.31. The van der Waals surface area contributed by atoms with Crippen molar-refractivity contribution in [2.75, 3.05) is 18.2 Å². The Morgan fingerprint density at radius 3 is 2.54 bits per heavy atom. The zero-order valence-electron chi connectivity index (χ0n) is 16.5. The average Bonchev–Trinajstić information content (AvgIpc) is 2.93. The van der Waals surface area contributed by atoms with E-state index >= 15 is 0 Å². The van der Waals surface area contributed by atoms with Crippen molar-refractivity contribution in [3.63, 3.8) is 0 Å². The van der Waals surface area contributed by atoms with Crippen molar-refractivity contribution in [1.29, 1.82) is 0 Å². The first-order valence-electron chi connectivity index (χ1n) is 8.74. The molecule has 0 spiro atoms. The molecule has 0 radical (unpaired) electrons. The van der Waals surface area contributed by atoms with Crippen molar-refractivity contribution in [2.45, 2.75) is 38.7 Å². The molecule has 0 bridgehead atoms. The van der Waals surface area contributed by atoms with Gasteiger partial charge in [-0.25, -0.2) is 9.59 Å². The summed E-state index contributed by atoms with van der Waals surface area (Å²) in [6.45, 7) is 6.36. The molecule has 2 rings (SSSR count). The lowest BCUT2D eigenvalue weighted by Gasteiger charge is -2.09. The molecule has 2 N–H and O–H groups in total. The molecule has 1 heterocycles. The molecule has 1 aromatic carbocycles. The van der Waals surface area contributed by atoms with Crippen LogP contribution in [-0.4, -0.2) is 41.8 Å². The molecule has 28 heavy (non-hydrogen) atoms. The van der Waals surface area contributed by atoms with E-state index in [-0.39, 0.29) is 11.8 Å². The number of nitrogens with one attached hydrogen (secondary N) is 2. The van der Waals surface area contributed by atoms with Gasteiger partial charge in [-0.1, -0.05) is 6.07 Å². The van der Waals surface area contributed by atoms with Gasteiger partial charge in [0.2, 0.25) is 0 Å². The van der Waals surface area contributed by atoms with Crippen LogP contribution in [0.25, 0.3) is 0 Å². The first-order valence-corrected chi connectivity index (χ1v) is 9.96. The van der Waals surface area contributed by atoms with Gasteiger partial charge in [0, 0.05) is 16.3 Å². The van der Waals surface area contributed by atoms with E-state index in [4.69, 9.17) is 9.47 Å². The highest BCUT2D eigenvalue weighted by molar-refractivity contribution is 7.98. The maximum absolute atomic E-state index is 12.3. The van der Waals surface area contributed by atoms with Gasteiger partial charge in [0.25, 0.3) is 5.91 Å². The summed E-state index contributed by atoms with van der Waals surface area (Å²) in [6.07, 6.45) is 1.67. The molecule has 0 aliphatic rings. The standard InChI is InChI=1S/C20H24N2O5S/c1-11(2)27-19(24)17-12(3)18(21-13(17)4)20(25)26-10-16(23)22-14-7-6-8-15(9-14)28-5/h6-9,11,21H,10H2,1-5H3,(H,22,23). The van der Waals surface area contributed by atoms with Crippen molar-refractivity contribution < 1.29 is 23.9 Å². The van der Waals surface area contributed by atoms with E-state index in [1.54, 1.807) is 45.5 Å². The molecule has 1 aromatic heterocycles. The summed E-state index contributed by atoms with van der Waals surface area (Å²) in [5.41, 5.74) is 2.00. The highest BCUT2D eigenvalue weighted by Gasteiger charge is 2.24. The molecule has 0 atom stereocenters. The summed E-state index contributed by atoms with van der Waals surface area (Å²) in [6, 6.07) is 7.34. The van der Waals surface area contributed by atoms with Gasteiger partial charge in [-0.05, 0) is 57.7 Å². The maximum Gasteiger partial charge on any atom is 0.355 e. The van der Waals surface area contributed by atoms with E-state index in [1.165, 1.54) is 0 Å². The van der Waals surface area contributed by atoms with Crippen LogP contribution in [0.15, 0.2) is 29.2 Å². The number of H-pyrrole nitrogens is 1. The number of amides is 1. The summed E-state index contributed by atoms with van der Waals surface area (Å²) < 4.78 is 10.3. The topological polar surface area (TPSA) is 97.5 Å². The molecular weight excluding hydrogens is 380 g/mol. The molecule has 8 heteroatoms. The summed E-state index contributed by atoms with van der Waals surface area (Å²) >= 11 is 1.56. The minimum absolute atomic E-state index is 0.130. The molecule has 0 saturated heterocycles. The minimum atomic E-state index is -0.711. The van der Waals surface area contributed by atoms with Crippen LogP contribution in [0.1, 0.15) is 46.0 Å². The van der Waals surface area contributed by atoms with Gasteiger partial charge in [0.1, 0.15) is 5.69 Å². The van der Waals surface area contributed by atoms with Crippen LogP contribution in [0.2, 0.25) is 0 Å². The molecule has 0 unspecified atom stereocenters. The second kappa shape index (κ2) is 9.45. The molecule has 0 aliphatic carbocycles. The SMILES string of the molecule is CSc1cccc(NC(=O)COC(=O)c2[nH]c(C)c(C(=O)OC(C)C)c2C)c1. The number of carbonyl (C=O) groups excluding carboxylic acids is 3. The van der Waals surface area contributed by atoms with Crippen molar-refractivity contribution >= 4 is 35.3 Å². The fourth-order valence-electron chi connectivity index (χ4n) is 2.63. The number of aromatic amines is 1. The first kappa shape index (κ1) is 21.6. The van der Waals surface area contributed by atoms with Gasteiger partial charge in [-0.2, -0.15) is 0 Å². The van der Waals surface area contributed by atoms with Crippen LogP contribution >= 0.6 is 11.8 Å². The Labute approximate surface area is 168 Å². The van der Waals surface area contributed by atoms with Crippen molar-refractivity contribution in [3.8, 4) is 0 Å². The van der Waals surface area contributed by atoms with E-state index < -0.39 is 24.5 Å². The third kappa shape index (κ3) is 5.39. The quantitative estimate of drug-likeness (QED) is 0.539. The molecular formula is C20H24N2O5S. The van der Waals surface area contributed by atoms with Gasteiger partial charge in [0.05, 0.1) is 11.7 Å². The number of rotatable bonds is 7. The van der Waals surface area contributed by atoms with Gasteiger partial charge >= 0.3 is 11.9 Å². The number of anilines is 1. The number of benzene rings is 1.